The third-order valence-electron chi connectivity index (χ3n) is 3.16. The van der Waals surface area contributed by atoms with E-state index in [0.717, 1.165) is 12.8 Å². The summed E-state index contributed by atoms with van der Waals surface area (Å²) >= 11 is 0. The predicted molar refractivity (Wildman–Crippen MR) is 85.0 cm³/mol. The lowest BCUT2D eigenvalue weighted by atomic mass is 10.1. The monoisotopic (exact) mass is 374 g/mol. The topological polar surface area (TPSA) is 113 Å². The van der Waals surface area contributed by atoms with Crippen LogP contribution in [0, 0.1) is 0 Å². The van der Waals surface area contributed by atoms with Gasteiger partial charge in [0.15, 0.2) is 0 Å². The molecule has 0 saturated carbocycles. The van der Waals surface area contributed by atoms with Gasteiger partial charge >= 0.3 is 7.82 Å². The molecule has 0 saturated heterocycles. The molecule has 0 atom stereocenters. The lowest BCUT2D eigenvalue weighted by molar-refractivity contribution is -0.708. The Balaban J connectivity index is 3.02. The van der Waals surface area contributed by atoms with Gasteiger partial charge in [-0.25, -0.2) is 14.3 Å². The van der Waals surface area contributed by atoms with Crippen LogP contribution in [0.3, 0.4) is 0 Å². The minimum Gasteiger partial charge on any atom is -0.303 e. The fraction of sp³-hybridized carbons (Fsp3) is 1.00. The number of hydrogen-bond acceptors (Lipinski definition) is 7. The van der Waals surface area contributed by atoms with Crippen LogP contribution in [-0.4, -0.2) is 29.6 Å². The number of hydrogen-bond donors (Lipinski definition) is 2. The molecule has 0 heterocycles. The normalized spacial score (nSPS) is 12.0. The molecular weight excluding hydrogens is 343 g/mol. The van der Waals surface area contributed by atoms with E-state index >= 15 is 0 Å². The van der Waals surface area contributed by atoms with E-state index in [1.807, 2.05) is 0 Å². The first-order valence-electron chi connectivity index (χ1n) is 8.50. The Kier molecular flexibility index (Phi) is 17.7. The number of rotatable bonds is 19. The van der Waals surface area contributed by atoms with Crippen molar-refractivity contribution in [3.63, 3.8) is 0 Å². The van der Waals surface area contributed by atoms with E-state index < -0.39 is 7.82 Å². The lowest BCUT2D eigenvalue weighted by Crippen LogP contribution is -2.05. The Morgan fingerprint density at radius 1 is 0.667 bits per heavy atom. The van der Waals surface area contributed by atoms with Gasteiger partial charge in [-0.15, -0.1) is 0 Å². The Labute approximate surface area is 143 Å². The summed E-state index contributed by atoms with van der Waals surface area (Å²) in [6, 6.07) is 0. The summed E-state index contributed by atoms with van der Waals surface area (Å²) < 4.78 is 14.4. The van der Waals surface area contributed by atoms with Crippen LogP contribution in [-0.2, 0) is 34.0 Å². The van der Waals surface area contributed by atoms with Crippen LogP contribution in [0.25, 0.3) is 0 Å². The van der Waals surface area contributed by atoms with Gasteiger partial charge in [-0.1, -0.05) is 64.7 Å². The van der Waals surface area contributed by atoms with Gasteiger partial charge in [0, 0.05) is 0 Å². The summed E-state index contributed by atoms with van der Waals surface area (Å²) in [5.41, 5.74) is 0. The molecule has 0 aliphatic heterocycles. The number of unbranched alkanes of at least 4 members (excludes halogenated alkanes) is 9. The van der Waals surface area contributed by atoms with Gasteiger partial charge in [-0.05, 0) is 21.5 Å². The molecule has 2 N–H and O–H groups in total. The summed E-state index contributed by atoms with van der Waals surface area (Å²) in [6.45, 7) is 2.00. The molecule has 0 aromatic rings. The van der Waals surface area contributed by atoms with Crippen molar-refractivity contribution in [2.75, 3.05) is 19.8 Å². The minimum absolute atomic E-state index is 0.243. The van der Waals surface area contributed by atoms with E-state index in [4.69, 9.17) is 9.79 Å². The molecule has 24 heavy (non-hydrogen) atoms. The highest BCUT2D eigenvalue weighted by atomic mass is 31.2. The van der Waals surface area contributed by atoms with Crippen LogP contribution < -0.4 is 0 Å². The van der Waals surface area contributed by atoms with Gasteiger partial charge in [-0.3, -0.25) is 4.52 Å². The van der Waals surface area contributed by atoms with Crippen LogP contribution in [0.2, 0.25) is 0 Å². The average Bonchev–Trinajstić information content (AvgIpc) is 2.52. The standard InChI is InChI=1S/C14H31O9P/c1-2-3-4-5-6-7-8-9-10-11-12-18-21-23-22-19-13-14-20-24(15,16)17/h2-14H2,1H3,(H2,15,16,17). The summed E-state index contributed by atoms with van der Waals surface area (Å²) in [5.74, 6) is 0. The minimum atomic E-state index is -4.49. The van der Waals surface area contributed by atoms with Crippen molar-refractivity contribution >= 4 is 7.82 Å². The highest BCUT2D eigenvalue weighted by Crippen LogP contribution is 2.35. The van der Waals surface area contributed by atoms with Gasteiger partial charge in [-0.2, -0.15) is 0 Å². The van der Waals surface area contributed by atoms with Gasteiger partial charge in [0.05, 0.1) is 13.2 Å². The predicted octanol–water partition coefficient (Wildman–Crippen LogP) is 3.76. The maximum Gasteiger partial charge on any atom is 0.469 e. The molecule has 0 aromatic heterocycles. The second kappa shape index (κ2) is 17.7. The molecular formula is C14H31O9P. The van der Waals surface area contributed by atoms with E-state index in [1.165, 1.54) is 51.4 Å². The summed E-state index contributed by atoms with van der Waals surface area (Å²) in [5, 5.41) is 12.4. The molecule has 0 aromatic carbocycles. The Morgan fingerprint density at radius 3 is 1.71 bits per heavy atom. The van der Waals surface area contributed by atoms with E-state index in [9.17, 15) is 4.57 Å². The molecule has 0 radical (unpaired) electrons. The van der Waals surface area contributed by atoms with Crippen molar-refractivity contribution in [3.8, 4) is 0 Å². The maximum absolute atomic E-state index is 10.3. The molecule has 0 aliphatic carbocycles. The van der Waals surface area contributed by atoms with Crippen LogP contribution in [0.5, 0.6) is 0 Å². The average molecular weight is 374 g/mol. The van der Waals surface area contributed by atoms with E-state index in [0.29, 0.717) is 6.61 Å². The quantitative estimate of drug-likeness (QED) is 0.151. The smallest absolute Gasteiger partial charge is 0.303 e. The van der Waals surface area contributed by atoms with Crippen molar-refractivity contribution in [1.82, 2.24) is 0 Å². The molecule has 0 rings (SSSR count). The molecule has 0 aliphatic rings. The van der Waals surface area contributed by atoms with Crippen LogP contribution in [0.1, 0.15) is 71.1 Å². The molecule has 0 amide bonds. The maximum atomic E-state index is 10.3. The second-order valence-electron chi connectivity index (χ2n) is 5.35. The summed E-state index contributed by atoms with van der Waals surface area (Å²) in [7, 11) is -4.49. The first-order valence-corrected chi connectivity index (χ1v) is 10.0. The van der Waals surface area contributed by atoms with E-state index in [1.54, 1.807) is 0 Å². The summed E-state index contributed by atoms with van der Waals surface area (Å²) in [4.78, 5) is 25.8. The number of phosphoric acid groups is 1. The molecule has 0 spiro atoms. The Bertz CT molecular complexity index is 298. The molecule has 0 unspecified atom stereocenters. The molecule has 10 heteroatoms. The zero-order valence-electron chi connectivity index (χ0n) is 14.4. The van der Waals surface area contributed by atoms with Gasteiger partial charge in [0.1, 0.15) is 6.61 Å². The van der Waals surface area contributed by atoms with Gasteiger partial charge < -0.3 is 9.79 Å². The highest BCUT2D eigenvalue weighted by Gasteiger charge is 2.12. The molecule has 9 nitrogen and oxygen atoms in total. The first-order chi connectivity index (χ1) is 11.6. The lowest BCUT2D eigenvalue weighted by Gasteiger charge is -2.04. The van der Waals surface area contributed by atoms with Crippen molar-refractivity contribution in [2.45, 2.75) is 71.1 Å². The largest absolute Gasteiger partial charge is 0.469 e. The second-order valence-corrected chi connectivity index (χ2v) is 6.59. The zero-order chi connectivity index (χ0) is 17.9. The van der Waals surface area contributed by atoms with Gasteiger partial charge in [0.25, 0.3) is 0 Å². The fourth-order valence-electron chi connectivity index (χ4n) is 1.96. The van der Waals surface area contributed by atoms with Crippen molar-refractivity contribution < 1.29 is 43.8 Å². The SMILES string of the molecule is CCCCCCCCCCCCOOOOOCCOP(=O)(O)O. The number of phosphoric ester groups is 1. The van der Waals surface area contributed by atoms with Crippen LogP contribution >= 0.6 is 7.82 Å². The van der Waals surface area contributed by atoms with E-state index in [-0.39, 0.29) is 13.2 Å². The Morgan fingerprint density at radius 2 is 1.17 bits per heavy atom. The third kappa shape index (κ3) is 21.9. The van der Waals surface area contributed by atoms with Crippen molar-refractivity contribution in [1.29, 1.82) is 0 Å². The van der Waals surface area contributed by atoms with Gasteiger partial charge in [0.2, 0.25) is 0 Å². The molecule has 146 valence electrons. The van der Waals surface area contributed by atoms with Crippen molar-refractivity contribution in [2.24, 2.45) is 0 Å². The molecule has 0 fully saturated rings. The zero-order valence-corrected chi connectivity index (χ0v) is 15.3. The van der Waals surface area contributed by atoms with Crippen LogP contribution in [0.15, 0.2) is 0 Å². The first kappa shape index (κ1) is 23.9. The molecule has 0 bridgehead atoms. The highest BCUT2D eigenvalue weighted by molar-refractivity contribution is 7.46. The van der Waals surface area contributed by atoms with E-state index in [2.05, 4.69) is 36.3 Å². The third-order valence-corrected chi connectivity index (χ3v) is 3.68. The fourth-order valence-corrected chi connectivity index (χ4v) is 2.27. The van der Waals surface area contributed by atoms with Crippen molar-refractivity contribution in [3.05, 3.63) is 0 Å². The Hall–Kier alpha value is -0.0900. The summed E-state index contributed by atoms with van der Waals surface area (Å²) in [6.07, 6.45) is 12.3. The van der Waals surface area contributed by atoms with Crippen LogP contribution in [0.4, 0.5) is 0 Å².